The van der Waals surface area contributed by atoms with E-state index in [2.05, 4.69) is 0 Å². The van der Waals surface area contributed by atoms with Crippen LogP contribution >= 0.6 is 0 Å². The van der Waals surface area contributed by atoms with Gasteiger partial charge in [-0.2, -0.15) is 0 Å². The number of hydrogen-bond acceptors (Lipinski definition) is 3. The number of aliphatic carboxylic acids is 1. The van der Waals surface area contributed by atoms with Crippen molar-refractivity contribution in [3.63, 3.8) is 0 Å². The average molecular weight is 221 g/mol. The first-order chi connectivity index (χ1) is 7.58. The van der Waals surface area contributed by atoms with Gasteiger partial charge in [0, 0.05) is 12.1 Å². The fourth-order valence-electron chi connectivity index (χ4n) is 2.07. The Morgan fingerprint density at radius 3 is 2.81 bits per heavy atom. The number of benzene rings is 1. The third-order valence-electron chi connectivity index (χ3n) is 2.98. The summed E-state index contributed by atoms with van der Waals surface area (Å²) in [5, 5.41) is 19.5. The number of carboxylic acid groups (broad SMARTS) is 1. The molecule has 2 rings (SSSR count). The largest absolute Gasteiger partial charge is 0.481 e. The van der Waals surface area contributed by atoms with Crippen molar-refractivity contribution in [2.75, 3.05) is 0 Å². The van der Waals surface area contributed by atoms with Gasteiger partial charge in [-0.1, -0.05) is 6.07 Å². The van der Waals surface area contributed by atoms with Gasteiger partial charge < -0.3 is 5.11 Å². The maximum atomic E-state index is 10.8. The molecule has 1 aliphatic rings. The molecule has 1 aliphatic carbocycles. The number of nitro groups is 1. The first kappa shape index (κ1) is 10.6. The van der Waals surface area contributed by atoms with Gasteiger partial charge in [-0.25, -0.2) is 0 Å². The van der Waals surface area contributed by atoms with Gasteiger partial charge in [0.1, 0.15) is 0 Å². The third-order valence-corrected chi connectivity index (χ3v) is 2.98. The second-order valence-electron chi connectivity index (χ2n) is 3.99. The van der Waals surface area contributed by atoms with Gasteiger partial charge in [-0.15, -0.1) is 0 Å². The Balaban J connectivity index is 2.29. The molecule has 0 bridgehead atoms. The third kappa shape index (κ3) is 1.88. The predicted molar refractivity (Wildman–Crippen MR) is 56.2 cm³/mol. The molecule has 0 fully saturated rings. The average Bonchev–Trinajstić information content (AvgIpc) is 2.27. The number of fused-ring (bicyclic) bond motifs is 1. The van der Waals surface area contributed by atoms with Crippen LogP contribution in [0.3, 0.4) is 0 Å². The highest BCUT2D eigenvalue weighted by Crippen LogP contribution is 2.28. The molecule has 0 unspecified atom stereocenters. The molecule has 5 heteroatoms. The number of rotatable bonds is 2. The van der Waals surface area contributed by atoms with Crippen molar-refractivity contribution in [1.82, 2.24) is 0 Å². The molecule has 5 nitrogen and oxygen atoms in total. The quantitative estimate of drug-likeness (QED) is 0.609. The first-order valence-corrected chi connectivity index (χ1v) is 5.07. The van der Waals surface area contributed by atoms with E-state index in [0.717, 1.165) is 11.1 Å². The second kappa shape index (κ2) is 3.92. The summed E-state index contributed by atoms with van der Waals surface area (Å²) in [4.78, 5) is 21.0. The molecule has 1 aromatic rings. The lowest BCUT2D eigenvalue weighted by molar-refractivity contribution is -0.384. The van der Waals surface area contributed by atoms with Crippen molar-refractivity contribution in [1.29, 1.82) is 0 Å². The van der Waals surface area contributed by atoms with Crippen LogP contribution in [0.2, 0.25) is 0 Å². The van der Waals surface area contributed by atoms with Gasteiger partial charge in [0.15, 0.2) is 0 Å². The summed E-state index contributed by atoms with van der Waals surface area (Å²) in [7, 11) is 0. The predicted octanol–water partition coefficient (Wildman–Crippen LogP) is 1.78. The molecule has 1 atom stereocenters. The Hall–Kier alpha value is -1.91. The summed E-state index contributed by atoms with van der Waals surface area (Å²) in [6, 6.07) is 4.65. The number of carbonyl (C=O) groups is 1. The summed E-state index contributed by atoms with van der Waals surface area (Å²) < 4.78 is 0. The Morgan fingerprint density at radius 1 is 1.44 bits per heavy atom. The Labute approximate surface area is 91.9 Å². The summed E-state index contributed by atoms with van der Waals surface area (Å²) in [6.07, 6.45) is 1.64. The van der Waals surface area contributed by atoms with Crippen molar-refractivity contribution >= 4 is 11.7 Å². The fourth-order valence-corrected chi connectivity index (χ4v) is 2.07. The number of non-ortho nitro benzene ring substituents is 1. The zero-order chi connectivity index (χ0) is 11.7. The van der Waals surface area contributed by atoms with E-state index in [9.17, 15) is 14.9 Å². The summed E-state index contributed by atoms with van der Waals surface area (Å²) >= 11 is 0. The minimum Gasteiger partial charge on any atom is -0.481 e. The molecule has 1 N–H and O–H groups in total. The van der Waals surface area contributed by atoms with Crippen molar-refractivity contribution < 1.29 is 14.8 Å². The van der Waals surface area contributed by atoms with E-state index in [1.54, 1.807) is 12.1 Å². The van der Waals surface area contributed by atoms with E-state index in [0.29, 0.717) is 19.3 Å². The smallest absolute Gasteiger partial charge is 0.306 e. The molecule has 0 saturated carbocycles. The summed E-state index contributed by atoms with van der Waals surface area (Å²) in [6.45, 7) is 0. The zero-order valence-electron chi connectivity index (χ0n) is 8.55. The molecular formula is C11H11NO4. The van der Waals surface area contributed by atoms with E-state index >= 15 is 0 Å². The molecule has 0 heterocycles. The van der Waals surface area contributed by atoms with Crippen LogP contribution in [0.1, 0.15) is 17.5 Å². The minimum absolute atomic E-state index is 0.0764. The lowest BCUT2D eigenvalue weighted by atomic mass is 9.84. The maximum Gasteiger partial charge on any atom is 0.306 e. The Kier molecular flexibility index (Phi) is 2.60. The van der Waals surface area contributed by atoms with E-state index < -0.39 is 10.9 Å². The molecule has 0 aliphatic heterocycles. The molecular weight excluding hydrogens is 210 g/mol. The van der Waals surface area contributed by atoms with Crippen LogP contribution in [0, 0.1) is 16.0 Å². The van der Waals surface area contributed by atoms with Crippen LogP contribution in [0.5, 0.6) is 0 Å². The van der Waals surface area contributed by atoms with Crippen LogP contribution in [-0.2, 0) is 17.6 Å². The maximum absolute atomic E-state index is 10.8. The number of hydrogen-bond donors (Lipinski definition) is 1. The Bertz CT molecular complexity index is 455. The molecule has 1 aromatic carbocycles. The molecule has 0 amide bonds. The lowest BCUT2D eigenvalue weighted by Gasteiger charge is -2.20. The van der Waals surface area contributed by atoms with Gasteiger partial charge in [-0.3, -0.25) is 14.9 Å². The van der Waals surface area contributed by atoms with E-state index in [-0.39, 0.29) is 11.6 Å². The topological polar surface area (TPSA) is 80.4 Å². The highest BCUT2D eigenvalue weighted by Gasteiger charge is 2.25. The van der Waals surface area contributed by atoms with E-state index in [1.165, 1.54) is 6.07 Å². The molecule has 0 spiro atoms. The first-order valence-electron chi connectivity index (χ1n) is 5.07. The zero-order valence-corrected chi connectivity index (χ0v) is 8.55. The molecule has 84 valence electrons. The lowest BCUT2D eigenvalue weighted by Crippen LogP contribution is -2.22. The fraction of sp³-hybridized carbons (Fsp3) is 0.364. The molecule has 0 saturated heterocycles. The van der Waals surface area contributed by atoms with E-state index in [1.807, 2.05) is 0 Å². The number of carboxylic acids is 1. The minimum atomic E-state index is -0.788. The van der Waals surface area contributed by atoms with Crippen LogP contribution in [-0.4, -0.2) is 16.0 Å². The summed E-state index contributed by atoms with van der Waals surface area (Å²) in [5.41, 5.74) is 1.91. The molecule has 0 radical (unpaired) electrons. The number of nitrogens with zero attached hydrogens (tertiary/aromatic N) is 1. The van der Waals surface area contributed by atoms with Gasteiger partial charge >= 0.3 is 5.97 Å². The van der Waals surface area contributed by atoms with Gasteiger partial charge in [0.05, 0.1) is 10.8 Å². The van der Waals surface area contributed by atoms with Gasteiger partial charge in [0.25, 0.3) is 5.69 Å². The summed E-state index contributed by atoms with van der Waals surface area (Å²) in [5.74, 6) is -1.14. The van der Waals surface area contributed by atoms with Gasteiger partial charge in [0.2, 0.25) is 0 Å². The highest BCUT2D eigenvalue weighted by atomic mass is 16.6. The van der Waals surface area contributed by atoms with Crippen molar-refractivity contribution in [3.05, 3.63) is 39.4 Å². The number of aryl methyl sites for hydroxylation is 1. The second-order valence-corrected chi connectivity index (χ2v) is 3.99. The Morgan fingerprint density at radius 2 is 2.19 bits per heavy atom. The van der Waals surface area contributed by atoms with Crippen LogP contribution in [0.4, 0.5) is 5.69 Å². The number of nitro benzene ring substituents is 1. The van der Waals surface area contributed by atoms with E-state index in [4.69, 9.17) is 5.11 Å². The SMILES string of the molecule is O=C(O)[C@H]1CCc2cc([N+](=O)[O-])ccc2C1. The monoisotopic (exact) mass is 221 g/mol. The van der Waals surface area contributed by atoms with Crippen LogP contribution < -0.4 is 0 Å². The van der Waals surface area contributed by atoms with Gasteiger partial charge in [-0.05, 0) is 30.4 Å². The standard InChI is InChI=1S/C11H11NO4/c13-11(14)9-2-1-8-6-10(12(15)16)4-3-7(8)5-9/h3-4,6,9H,1-2,5H2,(H,13,14)/t9-/m0/s1. The van der Waals surface area contributed by atoms with Crippen molar-refractivity contribution in [2.45, 2.75) is 19.3 Å². The molecule has 0 aromatic heterocycles. The van der Waals surface area contributed by atoms with Crippen molar-refractivity contribution in [3.8, 4) is 0 Å². The van der Waals surface area contributed by atoms with Crippen LogP contribution in [0.25, 0.3) is 0 Å². The van der Waals surface area contributed by atoms with Crippen molar-refractivity contribution in [2.24, 2.45) is 5.92 Å². The normalized spacial score (nSPS) is 18.9. The van der Waals surface area contributed by atoms with Crippen LogP contribution in [0.15, 0.2) is 18.2 Å². The highest BCUT2D eigenvalue weighted by molar-refractivity contribution is 5.71. The molecule has 16 heavy (non-hydrogen) atoms.